The van der Waals surface area contributed by atoms with E-state index in [1.807, 2.05) is 91.0 Å². The van der Waals surface area contributed by atoms with Crippen LogP contribution < -0.4 is 9.64 Å². The van der Waals surface area contributed by atoms with E-state index in [1.54, 1.807) is 24.3 Å². The van der Waals surface area contributed by atoms with Gasteiger partial charge in [0.2, 0.25) is 0 Å². The first kappa shape index (κ1) is 21.8. The minimum Gasteiger partial charge on any atom is -0.488 e. The van der Waals surface area contributed by atoms with Crippen molar-refractivity contribution in [3.8, 4) is 5.75 Å². The summed E-state index contributed by atoms with van der Waals surface area (Å²) >= 11 is 0. The second kappa shape index (κ2) is 10.3. The third kappa shape index (κ3) is 5.10. The molecule has 33 heavy (non-hydrogen) atoms. The molecule has 3 amide bonds. The molecule has 4 aromatic rings. The topological polar surface area (TPSA) is 49.9 Å². The molecule has 0 heterocycles. The summed E-state index contributed by atoms with van der Waals surface area (Å²) in [6.45, 7) is 0.322. The van der Waals surface area contributed by atoms with Crippen LogP contribution in [-0.4, -0.2) is 23.9 Å². The Morgan fingerprint density at radius 3 is 1.73 bits per heavy atom. The lowest BCUT2D eigenvalue weighted by Crippen LogP contribution is -2.42. The highest BCUT2D eigenvalue weighted by Crippen LogP contribution is 2.28. The van der Waals surface area contributed by atoms with E-state index >= 15 is 0 Å². The van der Waals surface area contributed by atoms with Gasteiger partial charge in [-0.1, -0.05) is 78.9 Å². The molecule has 0 saturated carbocycles. The van der Waals surface area contributed by atoms with Crippen LogP contribution in [0.3, 0.4) is 0 Å². The maximum atomic E-state index is 13.5. The van der Waals surface area contributed by atoms with Crippen LogP contribution >= 0.6 is 0 Å². The Balaban J connectivity index is 1.60. The summed E-state index contributed by atoms with van der Waals surface area (Å²) in [5, 5.41) is 0. The van der Waals surface area contributed by atoms with Gasteiger partial charge in [-0.3, -0.25) is 14.6 Å². The van der Waals surface area contributed by atoms with Crippen LogP contribution in [0.4, 0.5) is 16.2 Å². The largest absolute Gasteiger partial charge is 0.488 e. The van der Waals surface area contributed by atoms with Crippen molar-refractivity contribution in [1.82, 2.24) is 4.90 Å². The molecule has 0 spiro atoms. The fourth-order valence-electron chi connectivity index (χ4n) is 3.45. The summed E-state index contributed by atoms with van der Waals surface area (Å²) in [5.41, 5.74) is 2.65. The Bertz CT molecular complexity index is 1170. The molecule has 5 nitrogen and oxygen atoms in total. The van der Waals surface area contributed by atoms with E-state index in [1.165, 1.54) is 11.9 Å². The van der Waals surface area contributed by atoms with Crippen LogP contribution in [0.1, 0.15) is 15.9 Å². The molecule has 0 aliphatic carbocycles. The number of carbonyl (C=O) groups is 2. The number of urea groups is 1. The van der Waals surface area contributed by atoms with Gasteiger partial charge < -0.3 is 4.74 Å². The lowest BCUT2D eigenvalue weighted by molar-refractivity contribution is 0.0833. The van der Waals surface area contributed by atoms with Gasteiger partial charge in [0.15, 0.2) is 0 Å². The van der Waals surface area contributed by atoms with Gasteiger partial charge in [-0.05, 0) is 42.0 Å². The number of anilines is 2. The summed E-state index contributed by atoms with van der Waals surface area (Å²) in [4.78, 5) is 29.6. The van der Waals surface area contributed by atoms with Crippen molar-refractivity contribution in [2.24, 2.45) is 0 Å². The first-order chi connectivity index (χ1) is 16.1. The van der Waals surface area contributed by atoms with E-state index in [0.717, 1.165) is 10.5 Å². The number of hydrogen-bond acceptors (Lipinski definition) is 3. The second-order valence-electron chi connectivity index (χ2n) is 7.42. The van der Waals surface area contributed by atoms with E-state index in [-0.39, 0.29) is 0 Å². The molecule has 0 aromatic heterocycles. The lowest BCUT2D eigenvalue weighted by Gasteiger charge is -2.28. The zero-order valence-electron chi connectivity index (χ0n) is 18.3. The van der Waals surface area contributed by atoms with Gasteiger partial charge in [-0.2, -0.15) is 0 Å². The first-order valence-corrected chi connectivity index (χ1v) is 10.6. The zero-order valence-corrected chi connectivity index (χ0v) is 18.3. The summed E-state index contributed by atoms with van der Waals surface area (Å²) in [6.07, 6.45) is 0. The van der Waals surface area contributed by atoms with Crippen LogP contribution in [0.25, 0.3) is 0 Å². The monoisotopic (exact) mass is 436 g/mol. The molecule has 0 radical (unpaired) electrons. The number of benzene rings is 4. The molecular formula is C28H24N2O3. The van der Waals surface area contributed by atoms with Crippen LogP contribution in [0, 0.1) is 0 Å². The number of rotatable bonds is 6. The third-order valence-electron chi connectivity index (χ3n) is 5.17. The minimum absolute atomic E-state index is 0.322. The van der Waals surface area contributed by atoms with Crippen molar-refractivity contribution in [3.63, 3.8) is 0 Å². The standard InChI is InChI=1S/C28H24N2O3/c1-29(28(32)30(23-15-7-3-8-16-23)24-17-9-4-10-18-24)27(31)25-19-11-12-20-26(25)33-21-22-13-5-2-6-14-22/h2-20H,21H2,1H3. The van der Waals surface area contributed by atoms with Crippen LogP contribution in [0.2, 0.25) is 0 Å². The van der Waals surface area contributed by atoms with Gasteiger partial charge in [0.25, 0.3) is 5.91 Å². The van der Waals surface area contributed by atoms with Gasteiger partial charge in [0.05, 0.1) is 16.9 Å². The molecule has 0 bridgehead atoms. The molecule has 4 rings (SSSR count). The Morgan fingerprint density at radius 1 is 0.667 bits per heavy atom. The van der Waals surface area contributed by atoms with Gasteiger partial charge in [0, 0.05) is 7.05 Å². The second-order valence-corrected chi connectivity index (χ2v) is 7.42. The van der Waals surface area contributed by atoms with Gasteiger partial charge in [-0.15, -0.1) is 0 Å². The molecule has 5 heteroatoms. The summed E-state index contributed by atoms with van der Waals surface area (Å²) in [5.74, 6) is -0.0162. The van der Waals surface area contributed by atoms with Gasteiger partial charge in [-0.25, -0.2) is 4.79 Å². The fourth-order valence-corrected chi connectivity index (χ4v) is 3.45. The molecule has 0 aliphatic rings. The predicted octanol–water partition coefficient (Wildman–Crippen LogP) is 6.30. The SMILES string of the molecule is CN(C(=O)c1ccccc1OCc1ccccc1)C(=O)N(c1ccccc1)c1ccccc1. The number of imide groups is 1. The van der Waals surface area contributed by atoms with E-state index < -0.39 is 11.9 Å². The zero-order chi connectivity index (χ0) is 23.0. The molecule has 0 N–H and O–H groups in total. The average molecular weight is 437 g/mol. The number of nitrogens with zero attached hydrogens (tertiary/aromatic N) is 2. The Morgan fingerprint density at radius 2 is 1.15 bits per heavy atom. The van der Waals surface area contributed by atoms with E-state index in [0.29, 0.717) is 29.3 Å². The third-order valence-corrected chi connectivity index (χ3v) is 5.17. The smallest absolute Gasteiger partial charge is 0.335 e. The molecule has 164 valence electrons. The summed E-state index contributed by atoms with van der Waals surface area (Å²) < 4.78 is 5.93. The summed E-state index contributed by atoms with van der Waals surface area (Å²) in [6, 6.07) is 34.7. The Labute approximate surface area is 193 Å². The number of ether oxygens (including phenoxy) is 1. The van der Waals surface area contributed by atoms with Gasteiger partial charge in [0.1, 0.15) is 12.4 Å². The molecule has 0 atom stereocenters. The lowest BCUT2D eigenvalue weighted by atomic mass is 10.1. The van der Waals surface area contributed by atoms with Crippen molar-refractivity contribution in [3.05, 3.63) is 126 Å². The normalized spacial score (nSPS) is 10.3. The predicted molar refractivity (Wildman–Crippen MR) is 130 cm³/mol. The average Bonchev–Trinajstić information content (AvgIpc) is 2.89. The van der Waals surface area contributed by atoms with Crippen molar-refractivity contribution in [1.29, 1.82) is 0 Å². The number of amides is 3. The van der Waals surface area contributed by atoms with Crippen molar-refractivity contribution >= 4 is 23.3 Å². The molecule has 0 aliphatic heterocycles. The Hall–Kier alpha value is -4.38. The molecule has 0 unspecified atom stereocenters. The quantitative estimate of drug-likeness (QED) is 0.357. The first-order valence-electron chi connectivity index (χ1n) is 10.6. The highest BCUT2D eigenvalue weighted by Gasteiger charge is 2.28. The van der Waals surface area contributed by atoms with Crippen LogP contribution in [0.15, 0.2) is 115 Å². The maximum Gasteiger partial charge on any atom is 0.335 e. The molecule has 4 aromatic carbocycles. The minimum atomic E-state index is -0.463. The highest BCUT2D eigenvalue weighted by atomic mass is 16.5. The summed E-state index contributed by atoms with van der Waals surface area (Å²) in [7, 11) is 1.48. The maximum absolute atomic E-state index is 13.5. The molecule has 0 fully saturated rings. The van der Waals surface area contributed by atoms with Crippen LogP contribution in [-0.2, 0) is 6.61 Å². The van der Waals surface area contributed by atoms with E-state index in [9.17, 15) is 9.59 Å². The molecule has 0 saturated heterocycles. The van der Waals surface area contributed by atoms with E-state index in [4.69, 9.17) is 4.74 Å². The Kier molecular flexibility index (Phi) is 6.81. The number of carbonyl (C=O) groups excluding carboxylic acids is 2. The van der Waals surface area contributed by atoms with Crippen molar-refractivity contribution in [2.45, 2.75) is 6.61 Å². The van der Waals surface area contributed by atoms with Crippen molar-refractivity contribution < 1.29 is 14.3 Å². The van der Waals surface area contributed by atoms with E-state index in [2.05, 4.69) is 0 Å². The number of para-hydroxylation sites is 3. The number of hydrogen-bond donors (Lipinski definition) is 0. The molecular weight excluding hydrogens is 412 g/mol. The van der Waals surface area contributed by atoms with Gasteiger partial charge >= 0.3 is 6.03 Å². The van der Waals surface area contributed by atoms with Crippen LogP contribution in [0.5, 0.6) is 5.75 Å². The highest BCUT2D eigenvalue weighted by molar-refractivity contribution is 6.12. The fraction of sp³-hybridized carbons (Fsp3) is 0.0714. The van der Waals surface area contributed by atoms with Crippen molar-refractivity contribution in [2.75, 3.05) is 11.9 Å².